The van der Waals surface area contributed by atoms with Crippen LogP contribution in [-0.2, 0) is 21.7 Å². The molecular weight excluding hydrogens is 1030 g/mol. The van der Waals surface area contributed by atoms with Crippen LogP contribution in [0.1, 0.15) is 99.9 Å². The number of rotatable bonds is 4. The van der Waals surface area contributed by atoms with Crippen LogP contribution >= 0.6 is 0 Å². The zero-order chi connectivity index (χ0) is 57.7. The Morgan fingerprint density at radius 2 is 0.372 bits per heavy atom. The molecule has 0 radical (unpaired) electrons. The number of benzene rings is 13. The molecule has 6 aliphatic rings. The molecule has 0 spiro atoms. The Hall–Kier alpha value is -9.62. The first kappa shape index (κ1) is 48.7. The van der Waals surface area contributed by atoms with Gasteiger partial charge in [-0.3, -0.25) is 0 Å². The molecule has 86 heavy (non-hydrogen) atoms. The molecule has 13 aromatic carbocycles. The van der Waals surface area contributed by atoms with E-state index in [1.54, 1.807) is 0 Å². The third-order valence-electron chi connectivity index (χ3n) is 22.2. The van der Waals surface area contributed by atoms with Crippen molar-refractivity contribution in [2.24, 2.45) is 0 Å². The average molecular weight is 1100 g/mol. The third kappa shape index (κ3) is 5.73. The minimum Gasteiger partial charge on any atom is -0.0619 e. The topological polar surface area (TPSA) is 0 Å². The summed E-state index contributed by atoms with van der Waals surface area (Å²) >= 11 is 0. The van der Waals surface area contributed by atoms with E-state index in [0.29, 0.717) is 0 Å². The molecule has 0 heteroatoms. The van der Waals surface area contributed by atoms with Crippen molar-refractivity contribution in [3.63, 3.8) is 0 Å². The molecule has 0 atom stereocenters. The Bertz CT molecular complexity index is 5010. The highest BCUT2D eigenvalue weighted by molar-refractivity contribution is 6.34. The van der Waals surface area contributed by atoms with Crippen molar-refractivity contribution < 1.29 is 0 Å². The predicted octanol–water partition coefficient (Wildman–Crippen LogP) is 23.2. The lowest BCUT2D eigenvalue weighted by Crippen LogP contribution is -2.14. The SMILES string of the molecule is CC1(C)c2ccccc2-c2c(-c3ccc(-c4cccc5c4-c4ccccc4C5(C)C)c4c3-c3ccc5c6c(ccc-4c36)-c3c-5c(-c4cccc5c4-c4ccccc4C5(C)C)c4ccccc4c3-c3cccc4c3-c3ccccc3C4(C)C)cccc21. The second-order valence-electron chi connectivity index (χ2n) is 27.6. The monoisotopic (exact) mass is 1090 g/mol. The van der Waals surface area contributed by atoms with E-state index < -0.39 is 0 Å². The second-order valence-corrected chi connectivity index (χ2v) is 27.6. The normalized spacial score (nSPS) is 15.8. The number of fused-ring (bicyclic) bond motifs is 19. The van der Waals surface area contributed by atoms with Gasteiger partial charge in [0, 0.05) is 21.7 Å². The zero-order valence-corrected chi connectivity index (χ0v) is 49.9. The Morgan fingerprint density at radius 1 is 0.151 bits per heavy atom. The minimum absolute atomic E-state index is 0.139. The molecule has 0 bridgehead atoms. The van der Waals surface area contributed by atoms with Gasteiger partial charge >= 0.3 is 0 Å². The first-order valence-electron chi connectivity index (χ1n) is 31.1. The maximum absolute atomic E-state index is 2.55. The van der Waals surface area contributed by atoms with Crippen molar-refractivity contribution in [3.05, 3.63) is 275 Å². The van der Waals surface area contributed by atoms with Gasteiger partial charge in [0.1, 0.15) is 0 Å². The second kappa shape index (κ2) is 16.2. The third-order valence-corrected chi connectivity index (χ3v) is 22.2. The first-order chi connectivity index (χ1) is 41.8. The summed E-state index contributed by atoms with van der Waals surface area (Å²) in [5, 5.41) is 5.29. The van der Waals surface area contributed by atoms with E-state index in [4.69, 9.17) is 0 Å². The van der Waals surface area contributed by atoms with Crippen LogP contribution in [0.4, 0.5) is 0 Å². The van der Waals surface area contributed by atoms with Crippen molar-refractivity contribution in [3.8, 4) is 134 Å². The van der Waals surface area contributed by atoms with Crippen LogP contribution in [0.25, 0.3) is 155 Å². The van der Waals surface area contributed by atoms with Crippen molar-refractivity contribution in [2.45, 2.75) is 77.0 Å². The van der Waals surface area contributed by atoms with Crippen LogP contribution in [0.15, 0.2) is 231 Å². The molecule has 0 saturated heterocycles. The first-order valence-corrected chi connectivity index (χ1v) is 31.1. The maximum Gasteiger partial charge on any atom is 0.0159 e. The summed E-state index contributed by atoms with van der Waals surface area (Å²) in [5.74, 6) is 0. The van der Waals surface area contributed by atoms with Crippen molar-refractivity contribution in [2.75, 3.05) is 0 Å². The lowest BCUT2D eigenvalue weighted by Gasteiger charge is -2.25. The molecule has 0 aromatic heterocycles. The smallest absolute Gasteiger partial charge is 0.0159 e. The van der Waals surface area contributed by atoms with E-state index in [1.165, 1.54) is 200 Å². The van der Waals surface area contributed by atoms with Crippen molar-refractivity contribution >= 4 is 21.5 Å². The summed E-state index contributed by atoms with van der Waals surface area (Å²) in [6.07, 6.45) is 0. The highest BCUT2D eigenvalue weighted by Gasteiger charge is 2.45. The van der Waals surface area contributed by atoms with E-state index in [9.17, 15) is 0 Å². The molecule has 19 rings (SSSR count). The summed E-state index contributed by atoms with van der Waals surface area (Å²) < 4.78 is 0. The Balaban J connectivity index is 0.961. The maximum atomic E-state index is 2.55. The van der Waals surface area contributed by atoms with Crippen LogP contribution in [0.3, 0.4) is 0 Å². The van der Waals surface area contributed by atoms with Gasteiger partial charge in [-0.15, -0.1) is 0 Å². The van der Waals surface area contributed by atoms with Crippen LogP contribution in [-0.4, -0.2) is 0 Å². The lowest BCUT2D eigenvalue weighted by molar-refractivity contribution is 0.660. The number of hydrogen-bond acceptors (Lipinski definition) is 0. The predicted molar refractivity (Wildman–Crippen MR) is 362 cm³/mol. The fourth-order valence-electron chi connectivity index (χ4n) is 18.4. The van der Waals surface area contributed by atoms with Gasteiger partial charge in [-0.25, -0.2) is 0 Å². The Kier molecular flexibility index (Phi) is 9.19. The van der Waals surface area contributed by atoms with E-state index in [2.05, 4.69) is 286 Å². The number of hydrogen-bond donors (Lipinski definition) is 0. The van der Waals surface area contributed by atoms with E-state index in [0.717, 1.165) is 0 Å². The van der Waals surface area contributed by atoms with Crippen LogP contribution < -0.4 is 0 Å². The van der Waals surface area contributed by atoms with E-state index in [1.807, 2.05) is 0 Å². The quantitative estimate of drug-likeness (QED) is 0.165. The molecule has 0 N–H and O–H groups in total. The zero-order valence-electron chi connectivity index (χ0n) is 49.9. The molecule has 13 aromatic rings. The van der Waals surface area contributed by atoms with Gasteiger partial charge < -0.3 is 0 Å². The molecular formula is C86H62. The molecule has 0 saturated carbocycles. The van der Waals surface area contributed by atoms with Crippen LogP contribution in [0, 0.1) is 0 Å². The molecule has 0 unspecified atom stereocenters. The van der Waals surface area contributed by atoms with Crippen LogP contribution in [0.2, 0.25) is 0 Å². The molecule has 0 heterocycles. The highest BCUT2D eigenvalue weighted by atomic mass is 14.5. The van der Waals surface area contributed by atoms with Gasteiger partial charge in [0.15, 0.2) is 0 Å². The standard InChI is InChI=1S/C86H62/c1-83(2)63-33-15-11-25-53(63)71-47(29-19-37-67(71)83)51-41-42-52(48-30-20-38-68-72(48)54-26-12-16-34-64(54)84(68,3)4)76-60-44-46-62-80-61(45-43-59(75(51)76)79(60)80)81-77(57-31-21-39-69-73(57)55-27-13-17-35-65(55)85(69,5)6)49-23-9-10-24-50(49)78(82(62)81)58-32-22-40-70-74(58)56-28-14-18-36-66(56)86(70,7)8/h9-46H,1-8H3. The van der Waals surface area contributed by atoms with Gasteiger partial charge in [0.05, 0.1) is 0 Å². The molecule has 6 aliphatic carbocycles. The fourth-order valence-corrected chi connectivity index (χ4v) is 18.4. The van der Waals surface area contributed by atoms with Gasteiger partial charge in [-0.05, 0) is 200 Å². The van der Waals surface area contributed by atoms with E-state index in [-0.39, 0.29) is 21.7 Å². The molecule has 0 amide bonds. The summed E-state index contributed by atoms with van der Waals surface area (Å²) in [7, 11) is 0. The van der Waals surface area contributed by atoms with E-state index >= 15 is 0 Å². The molecule has 0 nitrogen and oxygen atoms in total. The minimum atomic E-state index is -0.161. The Morgan fingerprint density at radius 3 is 0.698 bits per heavy atom. The average Bonchev–Trinajstić information content (AvgIpc) is 1.56. The lowest BCUT2D eigenvalue weighted by atomic mass is 9.78. The van der Waals surface area contributed by atoms with Gasteiger partial charge in [0.25, 0.3) is 0 Å². The van der Waals surface area contributed by atoms with Crippen molar-refractivity contribution in [1.29, 1.82) is 0 Å². The Labute approximate surface area is 504 Å². The summed E-state index contributed by atoms with van der Waals surface area (Å²) in [4.78, 5) is 0. The summed E-state index contributed by atoms with van der Waals surface area (Å²) in [5.41, 5.74) is 42.4. The molecule has 0 aliphatic heterocycles. The molecule has 0 fully saturated rings. The summed E-state index contributed by atoms with van der Waals surface area (Å²) in [6.45, 7) is 19.3. The summed E-state index contributed by atoms with van der Waals surface area (Å²) in [6, 6.07) is 90.0. The largest absolute Gasteiger partial charge is 0.0619 e. The highest BCUT2D eigenvalue weighted by Crippen LogP contribution is 2.67. The van der Waals surface area contributed by atoms with Crippen LogP contribution in [0.5, 0.6) is 0 Å². The fraction of sp³-hybridized carbons (Fsp3) is 0.140. The van der Waals surface area contributed by atoms with Gasteiger partial charge in [0.2, 0.25) is 0 Å². The van der Waals surface area contributed by atoms with Gasteiger partial charge in [-0.2, -0.15) is 0 Å². The van der Waals surface area contributed by atoms with Crippen molar-refractivity contribution in [1.82, 2.24) is 0 Å². The van der Waals surface area contributed by atoms with Gasteiger partial charge in [-0.1, -0.05) is 286 Å². The molecule has 406 valence electrons.